The Kier molecular flexibility index (Phi) is 4.08. The van der Waals surface area contributed by atoms with Crippen molar-refractivity contribution in [3.05, 3.63) is 70.3 Å². The Morgan fingerprint density at radius 1 is 1.05 bits per heavy atom. The van der Waals surface area contributed by atoms with Crippen molar-refractivity contribution in [2.24, 2.45) is 5.73 Å². The van der Waals surface area contributed by atoms with Gasteiger partial charge in [-0.15, -0.1) is 11.3 Å². The summed E-state index contributed by atoms with van der Waals surface area (Å²) >= 11 is 1.65. The average molecular weight is 295 g/mol. The van der Waals surface area contributed by atoms with Crippen molar-refractivity contribution in [3.8, 4) is 11.3 Å². The summed E-state index contributed by atoms with van der Waals surface area (Å²) in [6, 6.07) is 16.0. The molecule has 0 bridgehead atoms. The molecule has 2 N–H and O–H groups in total. The van der Waals surface area contributed by atoms with Crippen molar-refractivity contribution in [2.75, 3.05) is 0 Å². The second-order valence-electron chi connectivity index (χ2n) is 5.01. The van der Waals surface area contributed by atoms with Gasteiger partial charge in [0.05, 0.1) is 22.4 Å². The van der Waals surface area contributed by atoms with Gasteiger partial charge in [-0.05, 0) is 19.1 Å². The van der Waals surface area contributed by atoms with E-state index in [1.807, 2.05) is 43.3 Å². The predicted molar refractivity (Wildman–Crippen MR) is 87.2 cm³/mol. The number of aromatic nitrogens is 2. The minimum Gasteiger partial charge on any atom is -0.322 e. The van der Waals surface area contributed by atoms with Gasteiger partial charge in [0, 0.05) is 23.1 Å². The van der Waals surface area contributed by atoms with E-state index < -0.39 is 0 Å². The van der Waals surface area contributed by atoms with Gasteiger partial charge in [0.2, 0.25) is 0 Å². The fraction of sp³-hybridized carbons (Fsp3) is 0.176. The van der Waals surface area contributed by atoms with Gasteiger partial charge in [0.1, 0.15) is 0 Å². The normalized spacial score (nSPS) is 12.3. The molecule has 0 saturated carbocycles. The highest BCUT2D eigenvalue weighted by molar-refractivity contribution is 7.09. The number of pyridine rings is 1. The Morgan fingerprint density at radius 2 is 1.86 bits per heavy atom. The first-order chi connectivity index (χ1) is 10.2. The summed E-state index contributed by atoms with van der Waals surface area (Å²) in [5.74, 6) is 0. The van der Waals surface area contributed by atoms with Gasteiger partial charge in [-0.3, -0.25) is 4.98 Å². The van der Waals surface area contributed by atoms with Crippen LogP contribution in [0.2, 0.25) is 0 Å². The van der Waals surface area contributed by atoms with Crippen LogP contribution in [0.4, 0.5) is 0 Å². The Hall–Kier alpha value is -2.04. The summed E-state index contributed by atoms with van der Waals surface area (Å²) in [4.78, 5) is 9.17. The SMILES string of the molecule is Cc1cccc(C(N)Cc2nc(-c3ccccc3)cs2)n1. The second kappa shape index (κ2) is 6.16. The number of benzene rings is 1. The highest BCUT2D eigenvalue weighted by Gasteiger charge is 2.12. The molecule has 0 spiro atoms. The predicted octanol–water partition coefficient (Wildman–Crippen LogP) is 3.76. The van der Waals surface area contributed by atoms with E-state index in [0.717, 1.165) is 27.7 Å². The lowest BCUT2D eigenvalue weighted by atomic mass is 10.1. The summed E-state index contributed by atoms with van der Waals surface area (Å²) in [5, 5.41) is 3.13. The molecule has 0 aliphatic carbocycles. The van der Waals surface area contributed by atoms with Crippen molar-refractivity contribution in [1.82, 2.24) is 9.97 Å². The zero-order valence-electron chi connectivity index (χ0n) is 11.9. The fourth-order valence-electron chi connectivity index (χ4n) is 2.21. The van der Waals surface area contributed by atoms with E-state index >= 15 is 0 Å². The van der Waals surface area contributed by atoms with Crippen LogP contribution >= 0.6 is 11.3 Å². The molecular weight excluding hydrogens is 278 g/mol. The third kappa shape index (κ3) is 3.35. The molecule has 1 unspecified atom stereocenters. The first-order valence-electron chi connectivity index (χ1n) is 6.91. The van der Waals surface area contributed by atoms with Crippen molar-refractivity contribution in [2.45, 2.75) is 19.4 Å². The summed E-state index contributed by atoms with van der Waals surface area (Å²) in [5.41, 5.74) is 10.3. The zero-order valence-corrected chi connectivity index (χ0v) is 12.7. The van der Waals surface area contributed by atoms with Gasteiger partial charge in [-0.2, -0.15) is 0 Å². The lowest BCUT2D eigenvalue weighted by molar-refractivity contribution is 0.690. The third-order valence-corrected chi connectivity index (χ3v) is 4.18. The first kappa shape index (κ1) is 13.9. The van der Waals surface area contributed by atoms with Crippen molar-refractivity contribution in [3.63, 3.8) is 0 Å². The number of nitrogens with zero attached hydrogens (tertiary/aromatic N) is 2. The number of thiazole rings is 1. The van der Waals surface area contributed by atoms with Gasteiger partial charge >= 0.3 is 0 Å². The molecule has 21 heavy (non-hydrogen) atoms. The van der Waals surface area contributed by atoms with Gasteiger partial charge < -0.3 is 5.73 Å². The largest absolute Gasteiger partial charge is 0.322 e. The summed E-state index contributed by atoms with van der Waals surface area (Å²) in [6.45, 7) is 1.98. The maximum absolute atomic E-state index is 6.25. The molecule has 2 heterocycles. The van der Waals surface area contributed by atoms with E-state index in [1.165, 1.54) is 0 Å². The molecule has 0 aliphatic heterocycles. The van der Waals surface area contributed by atoms with Crippen molar-refractivity contribution in [1.29, 1.82) is 0 Å². The van der Waals surface area contributed by atoms with E-state index in [1.54, 1.807) is 11.3 Å². The molecule has 106 valence electrons. The van der Waals surface area contributed by atoms with Crippen molar-refractivity contribution < 1.29 is 0 Å². The number of aryl methyl sites for hydroxylation is 1. The summed E-state index contributed by atoms with van der Waals surface area (Å²) < 4.78 is 0. The molecule has 1 aromatic carbocycles. The molecule has 3 rings (SSSR count). The van der Waals surface area contributed by atoms with Gasteiger partial charge in [0.15, 0.2) is 0 Å². The minimum absolute atomic E-state index is 0.111. The fourth-order valence-corrected chi connectivity index (χ4v) is 3.07. The summed E-state index contributed by atoms with van der Waals surface area (Å²) in [7, 11) is 0. The molecule has 0 saturated heterocycles. The van der Waals surface area contributed by atoms with E-state index in [-0.39, 0.29) is 6.04 Å². The molecule has 0 amide bonds. The van der Waals surface area contributed by atoms with E-state index in [0.29, 0.717) is 6.42 Å². The van der Waals surface area contributed by atoms with Crippen LogP contribution < -0.4 is 5.73 Å². The number of rotatable bonds is 4. The number of hydrogen-bond acceptors (Lipinski definition) is 4. The molecule has 0 aliphatic rings. The van der Waals surface area contributed by atoms with Crippen LogP contribution in [0.5, 0.6) is 0 Å². The maximum Gasteiger partial charge on any atom is 0.0952 e. The van der Waals surface area contributed by atoms with E-state index in [9.17, 15) is 0 Å². The second-order valence-corrected chi connectivity index (χ2v) is 5.95. The molecule has 0 fully saturated rings. The maximum atomic E-state index is 6.25. The van der Waals surface area contributed by atoms with E-state index in [2.05, 4.69) is 27.5 Å². The van der Waals surface area contributed by atoms with Crippen LogP contribution in [0.1, 0.15) is 22.4 Å². The molecule has 3 nitrogen and oxygen atoms in total. The highest BCUT2D eigenvalue weighted by atomic mass is 32.1. The molecule has 4 heteroatoms. The standard InChI is InChI=1S/C17H17N3S/c1-12-6-5-9-15(19-12)14(18)10-17-20-16(11-21-17)13-7-3-2-4-8-13/h2-9,11,14H,10,18H2,1H3. The molecule has 3 aromatic rings. The zero-order chi connectivity index (χ0) is 14.7. The van der Waals surface area contributed by atoms with Crippen LogP contribution in [0, 0.1) is 6.92 Å². The molecular formula is C17H17N3S. The average Bonchev–Trinajstić information content (AvgIpc) is 2.97. The molecule has 1 atom stereocenters. The van der Waals surface area contributed by atoms with Gasteiger partial charge in [-0.25, -0.2) is 4.98 Å². The minimum atomic E-state index is -0.111. The molecule has 2 aromatic heterocycles. The van der Waals surface area contributed by atoms with Crippen LogP contribution in [-0.4, -0.2) is 9.97 Å². The smallest absolute Gasteiger partial charge is 0.0952 e. The number of nitrogens with two attached hydrogens (primary N) is 1. The molecule has 0 radical (unpaired) electrons. The Labute approximate surface area is 128 Å². The van der Waals surface area contributed by atoms with Gasteiger partial charge in [0.25, 0.3) is 0 Å². The van der Waals surface area contributed by atoms with Crippen molar-refractivity contribution >= 4 is 11.3 Å². The van der Waals surface area contributed by atoms with Crippen LogP contribution in [0.3, 0.4) is 0 Å². The van der Waals surface area contributed by atoms with E-state index in [4.69, 9.17) is 5.73 Å². The van der Waals surface area contributed by atoms with Crippen LogP contribution in [0.25, 0.3) is 11.3 Å². The Balaban J connectivity index is 1.75. The monoisotopic (exact) mass is 295 g/mol. The summed E-state index contributed by atoms with van der Waals surface area (Å²) in [6.07, 6.45) is 0.716. The first-order valence-corrected chi connectivity index (χ1v) is 7.79. The lowest BCUT2D eigenvalue weighted by Gasteiger charge is -2.09. The number of hydrogen-bond donors (Lipinski definition) is 1. The highest BCUT2D eigenvalue weighted by Crippen LogP contribution is 2.24. The third-order valence-electron chi connectivity index (χ3n) is 3.31. The van der Waals surface area contributed by atoms with Gasteiger partial charge in [-0.1, -0.05) is 36.4 Å². The topological polar surface area (TPSA) is 51.8 Å². The Bertz CT molecular complexity index is 722. The Morgan fingerprint density at radius 3 is 2.62 bits per heavy atom. The van der Waals surface area contributed by atoms with Crippen LogP contribution in [0.15, 0.2) is 53.9 Å². The van der Waals surface area contributed by atoms with Crippen LogP contribution in [-0.2, 0) is 6.42 Å². The lowest BCUT2D eigenvalue weighted by Crippen LogP contribution is -2.15. The quantitative estimate of drug-likeness (QED) is 0.797.